The highest BCUT2D eigenvalue weighted by atomic mass is 15.1. The molecule has 0 N–H and O–H groups in total. The van der Waals surface area contributed by atoms with E-state index < -0.39 is 0 Å². The Morgan fingerprint density at radius 1 is 0.511 bits per heavy atom. The molecule has 0 fully saturated rings. The second-order valence-corrected chi connectivity index (χ2v) is 16.1. The van der Waals surface area contributed by atoms with Gasteiger partial charge in [0, 0.05) is 17.1 Å². The van der Waals surface area contributed by atoms with Crippen LogP contribution < -0.4 is 21.3 Å². The topological polar surface area (TPSA) is 3.24 Å². The Hall–Kier alpha value is -4.56. The lowest BCUT2D eigenvalue weighted by atomic mass is 9.33. The number of benzene rings is 7. The van der Waals surface area contributed by atoms with Gasteiger partial charge in [-0.2, -0.15) is 0 Å². The zero-order chi connectivity index (χ0) is 33.0. The van der Waals surface area contributed by atoms with E-state index in [1.807, 2.05) is 0 Å². The molecule has 0 spiro atoms. The van der Waals surface area contributed by atoms with Crippen LogP contribution in [0.15, 0.2) is 103 Å². The Labute approximate surface area is 280 Å². The van der Waals surface area contributed by atoms with E-state index >= 15 is 0 Å². The highest BCUT2D eigenvalue weighted by molar-refractivity contribution is 7.00. The van der Waals surface area contributed by atoms with Gasteiger partial charge in [-0.3, -0.25) is 0 Å². The summed E-state index contributed by atoms with van der Waals surface area (Å²) in [7, 11) is 0. The van der Waals surface area contributed by atoms with Gasteiger partial charge in [0.25, 0.3) is 0 Å². The highest BCUT2D eigenvalue weighted by Crippen LogP contribution is 2.43. The molecule has 0 aliphatic carbocycles. The maximum atomic E-state index is 2.55. The SMILES string of the molecule is Cc1cc(C)c(B2c3cc(C(C)(C)C)ccc3N(c3ccc(C(C)(C)C)cc3)c3cc4ccc5cccc6ccc(c32)c4c56)c(C)c1. The fraction of sp³-hybridized carbons (Fsp3) is 0.244. The van der Waals surface area contributed by atoms with Gasteiger partial charge < -0.3 is 4.90 Å². The van der Waals surface area contributed by atoms with Gasteiger partial charge in [-0.25, -0.2) is 0 Å². The van der Waals surface area contributed by atoms with Crippen LogP contribution in [0.25, 0.3) is 32.3 Å². The molecule has 8 rings (SSSR count). The van der Waals surface area contributed by atoms with Crippen LogP contribution in [0.1, 0.15) is 69.4 Å². The monoisotopic (exact) mass is 609 g/mol. The molecular formula is C45H44BN. The van der Waals surface area contributed by atoms with Crippen molar-refractivity contribution in [2.75, 3.05) is 4.90 Å². The molecule has 0 bridgehead atoms. The molecule has 0 amide bonds. The quantitative estimate of drug-likeness (QED) is 0.139. The van der Waals surface area contributed by atoms with Crippen molar-refractivity contribution in [2.24, 2.45) is 0 Å². The lowest BCUT2D eigenvalue weighted by Crippen LogP contribution is -2.59. The predicted octanol–water partition coefficient (Wildman–Crippen LogP) is 10.4. The molecule has 0 unspecified atom stereocenters. The number of aryl methyl sites for hydroxylation is 3. The summed E-state index contributed by atoms with van der Waals surface area (Å²) in [6.07, 6.45) is 0. The van der Waals surface area contributed by atoms with Crippen LogP contribution in [0.2, 0.25) is 0 Å². The van der Waals surface area contributed by atoms with Crippen LogP contribution in [0.5, 0.6) is 0 Å². The van der Waals surface area contributed by atoms with E-state index in [4.69, 9.17) is 0 Å². The Balaban J connectivity index is 1.54. The van der Waals surface area contributed by atoms with E-state index in [0.29, 0.717) is 0 Å². The molecule has 0 atom stereocenters. The summed E-state index contributed by atoms with van der Waals surface area (Å²) >= 11 is 0. The summed E-state index contributed by atoms with van der Waals surface area (Å²) in [6, 6.07) is 39.9. The Bertz CT molecular complexity index is 2310. The average molecular weight is 610 g/mol. The van der Waals surface area contributed by atoms with Gasteiger partial charge in [-0.05, 0) is 110 Å². The summed E-state index contributed by atoms with van der Waals surface area (Å²) < 4.78 is 0. The summed E-state index contributed by atoms with van der Waals surface area (Å²) in [6.45, 7) is 20.8. The molecule has 7 aromatic carbocycles. The van der Waals surface area contributed by atoms with Gasteiger partial charge in [0.05, 0.1) is 0 Å². The first kappa shape index (κ1) is 29.8. The number of hydrogen-bond donors (Lipinski definition) is 0. The fourth-order valence-corrected chi connectivity index (χ4v) is 8.38. The van der Waals surface area contributed by atoms with Crippen molar-refractivity contribution in [2.45, 2.75) is 73.1 Å². The molecule has 1 aliphatic heterocycles. The van der Waals surface area contributed by atoms with E-state index in [1.54, 1.807) is 0 Å². The Kier molecular flexibility index (Phi) is 6.48. The van der Waals surface area contributed by atoms with Crippen molar-refractivity contribution in [3.63, 3.8) is 0 Å². The fourth-order valence-electron chi connectivity index (χ4n) is 8.38. The normalized spacial score (nSPS) is 13.6. The zero-order valence-electron chi connectivity index (χ0n) is 29.3. The second-order valence-electron chi connectivity index (χ2n) is 16.1. The number of nitrogens with zero attached hydrogens (tertiary/aromatic N) is 1. The van der Waals surface area contributed by atoms with Gasteiger partial charge in [0.2, 0.25) is 6.71 Å². The molecule has 1 nitrogen and oxygen atoms in total. The largest absolute Gasteiger partial charge is 0.311 e. The summed E-state index contributed by atoms with van der Waals surface area (Å²) in [5.74, 6) is 0. The molecule has 1 heterocycles. The molecule has 0 saturated carbocycles. The third kappa shape index (κ3) is 4.60. The lowest BCUT2D eigenvalue weighted by molar-refractivity contribution is 0.590. The second kappa shape index (κ2) is 10.2. The van der Waals surface area contributed by atoms with E-state index in [-0.39, 0.29) is 17.5 Å². The van der Waals surface area contributed by atoms with Gasteiger partial charge in [-0.1, -0.05) is 143 Å². The summed E-state index contributed by atoms with van der Waals surface area (Å²) in [4.78, 5) is 2.55. The maximum Gasteiger partial charge on any atom is 0.248 e. The Morgan fingerprint density at radius 2 is 1.11 bits per heavy atom. The van der Waals surface area contributed by atoms with E-state index in [1.165, 1.54) is 93.6 Å². The molecule has 0 saturated heterocycles. The van der Waals surface area contributed by atoms with Crippen molar-refractivity contribution >= 4 is 72.5 Å². The number of anilines is 3. The van der Waals surface area contributed by atoms with Crippen molar-refractivity contribution in [1.29, 1.82) is 0 Å². The molecular weight excluding hydrogens is 565 g/mol. The zero-order valence-corrected chi connectivity index (χ0v) is 29.3. The van der Waals surface area contributed by atoms with Gasteiger partial charge in [0.1, 0.15) is 0 Å². The minimum Gasteiger partial charge on any atom is -0.311 e. The van der Waals surface area contributed by atoms with Gasteiger partial charge in [0.15, 0.2) is 0 Å². The minimum absolute atomic E-state index is 0.0269. The third-order valence-electron chi connectivity index (χ3n) is 10.7. The standard InChI is InChI=1S/C45H44BN/c1-27-23-28(2)42(29(3)24-27)46-37-26-34(45(7,8)9)18-22-38(37)47(35-19-16-33(17-20-35)44(4,5)6)39-25-32-14-13-30-11-10-12-31-15-21-36(43(39)46)41(32)40(30)31/h10-26H,1-9H3. The van der Waals surface area contributed by atoms with Crippen LogP contribution in [0, 0.1) is 20.8 Å². The molecule has 232 valence electrons. The van der Waals surface area contributed by atoms with Gasteiger partial charge >= 0.3 is 0 Å². The molecule has 1 aliphatic rings. The first-order chi connectivity index (χ1) is 22.3. The average Bonchev–Trinajstić information content (AvgIpc) is 3.01. The number of rotatable bonds is 2. The van der Waals surface area contributed by atoms with Crippen LogP contribution in [0.4, 0.5) is 17.1 Å². The van der Waals surface area contributed by atoms with E-state index in [9.17, 15) is 0 Å². The van der Waals surface area contributed by atoms with Crippen LogP contribution >= 0.6 is 0 Å². The smallest absolute Gasteiger partial charge is 0.248 e. The van der Waals surface area contributed by atoms with Crippen molar-refractivity contribution < 1.29 is 0 Å². The van der Waals surface area contributed by atoms with Crippen LogP contribution in [-0.4, -0.2) is 6.71 Å². The number of fused-ring (bicyclic) bond motifs is 3. The molecule has 2 heteroatoms. The Morgan fingerprint density at radius 3 is 1.74 bits per heavy atom. The number of hydrogen-bond acceptors (Lipinski definition) is 1. The van der Waals surface area contributed by atoms with Crippen molar-refractivity contribution in [1.82, 2.24) is 0 Å². The maximum absolute atomic E-state index is 2.55. The molecule has 0 aromatic heterocycles. The molecule has 0 radical (unpaired) electrons. The predicted molar refractivity (Wildman–Crippen MR) is 208 cm³/mol. The first-order valence-electron chi connectivity index (χ1n) is 17.1. The lowest BCUT2D eigenvalue weighted by Gasteiger charge is -2.40. The van der Waals surface area contributed by atoms with Crippen molar-refractivity contribution in [3.8, 4) is 0 Å². The first-order valence-corrected chi connectivity index (χ1v) is 17.1. The summed E-state index contributed by atoms with van der Waals surface area (Å²) in [5.41, 5.74) is 14.8. The summed E-state index contributed by atoms with van der Waals surface area (Å²) in [5, 5.41) is 8.02. The van der Waals surface area contributed by atoms with Crippen LogP contribution in [0.3, 0.4) is 0 Å². The van der Waals surface area contributed by atoms with E-state index in [0.717, 1.165) is 0 Å². The highest BCUT2D eigenvalue weighted by Gasteiger charge is 2.39. The molecule has 47 heavy (non-hydrogen) atoms. The molecule has 7 aromatic rings. The minimum atomic E-state index is 0.0269. The van der Waals surface area contributed by atoms with Crippen molar-refractivity contribution in [3.05, 3.63) is 131 Å². The van der Waals surface area contributed by atoms with Gasteiger partial charge in [-0.15, -0.1) is 0 Å². The van der Waals surface area contributed by atoms with Crippen LogP contribution in [-0.2, 0) is 10.8 Å². The third-order valence-corrected chi connectivity index (χ3v) is 10.7. The van der Waals surface area contributed by atoms with E-state index in [2.05, 4.69) is 170 Å².